The molecule has 6 nitrogen and oxygen atoms in total. The van der Waals surface area contributed by atoms with Gasteiger partial charge in [0.1, 0.15) is 5.69 Å². The molecule has 3 aromatic rings. The molecule has 0 radical (unpaired) electrons. The van der Waals surface area contributed by atoms with Crippen LogP contribution in [-0.4, -0.2) is 35.5 Å². The van der Waals surface area contributed by atoms with Gasteiger partial charge >= 0.3 is 6.18 Å². The van der Waals surface area contributed by atoms with Gasteiger partial charge in [-0.25, -0.2) is 0 Å². The third kappa shape index (κ3) is 4.30. The number of likely N-dealkylation sites (N-methyl/N-ethyl adjacent to an activating group) is 1. The number of para-hydroxylation sites is 2. The molecule has 1 heterocycles. The van der Waals surface area contributed by atoms with E-state index in [4.69, 9.17) is 4.52 Å². The number of amides is 2. The molecule has 146 valence electrons. The molecule has 0 unspecified atom stereocenters. The Labute approximate surface area is 157 Å². The Hall–Kier alpha value is -3.36. The summed E-state index contributed by atoms with van der Waals surface area (Å²) >= 11 is 0. The van der Waals surface area contributed by atoms with Gasteiger partial charge in [0.25, 0.3) is 0 Å². The number of halogens is 3. The number of fused-ring (bicyclic) bond motifs is 1. The minimum atomic E-state index is -4.60. The smallest absolute Gasteiger partial charge is 0.356 e. The predicted octanol–water partition coefficient (Wildman–Crippen LogP) is 3.49. The van der Waals surface area contributed by atoms with E-state index in [-0.39, 0.29) is 12.1 Å². The number of carbonyl (C=O) groups excluding carboxylic acids is 2. The van der Waals surface area contributed by atoms with Crippen molar-refractivity contribution in [1.29, 1.82) is 0 Å². The Morgan fingerprint density at radius 3 is 2.54 bits per heavy atom. The van der Waals surface area contributed by atoms with Crippen molar-refractivity contribution < 1.29 is 27.3 Å². The molecule has 9 heteroatoms. The number of carbonyl (C=O) groups is 2. The highest BCUT2D eigenvalue weighted by Gasteiger charge is 2.33. The molecule has 0 fully saturated rings. The molecule has 0 aliphatic rings. The van der Waals surface area contributed by atoms with Crippen molar-refractivity contribution in [2.75, 3.05) is 18.9 Å². The second-order valence-corrected chi connectivity index (χ2v) is 6.14. The number of benzene rings is 2. The lowest BCUT2D eigenvalue weighted by Crippen LogP contribution is -2.36. The Morgan fingerprint density at radius 2 is 1.79 bits per heavy atom. The Kier molecular flexibility index (Phi) is 5.34. The Bertz CT molecular complexity index is 1010. The van der Waals surface area contributed by atoms with Crippen LogP contribution < -0.4 is 5.32 Å². The summed E-state index contributed by atoms with van der Waals surface area (Å²) in [6.07, 6.45) is -4.69. The number of rotatable bonds is 5. The van der Waals surface area contributed by atoms with Gasteiger partial charge in [-0.05, 0) is 24.3 Å². The monoisotopic (exact) mass is 391 g/mol. The molecule has 1 N–H and O–H groups in total. The molecule has 2 amide bonds. The average Bonchev–Trinajstić information content (AvgIpc) is 3.04. The molecule has 0 aliphatic heterocycles. The second-order valence-electron chi connectivity index (χ2n) is 6.14. The number of alkyl halides is 3. The van der Waals surface area contributed by atoms with Crippen LogP contribution in [0.5, 0.6) is 0 Å². The summed E-state index contributed by atoms with van der Waals surface area (Å²) < 4.78 is 44.1. The standard InChI is InChI=1S/C19H16F3N3O3/c1-25(18(27)10-15-12-6-2-5-9-16(12)28-24-15)11-17(26)23-14-8-4-3-7-13(14)19(20,21)22/h2-9H,10-11H2,1H3,(H,23,26). The van der Waals surface area contributed by atoms with Crippen LogP contribution in [0.25, 0.3) is 11.0 Å². The van der Waals surface area contributed by atoms with E-state index in [0.717, 1.165) is 17.0 Å². The number of aromatic nitrogens is 1. The molecular formula is C19H16F3N3O3. The van der Waals surface area contributed by atoms with Crippen molar-refractivity contribution in [3.63, 3.8) is 0 Å². The van der Waals surface area contributed by atoms with Crippen molar-refractivity contribution in [3.05, 3.63) is 59.8 Å². The summed E-state index contributed by atoms with van der Waals surface area (Å²) in [6, 6.07) is 11.7. The van der Waals surface area contributed by atoms with Gasteiger partial charge in [-0.1, -0.05) is 29.4 Å². The van der Waals surface area contributed by atoms with Crippen molar-refractivity contribution in [2.24, 2.45) is 0 Å². The molecule has 0 bridgehead atoms. The van der Waals surface area contributed by atoms with Crippen LogP contribution >= 0.6 is 0 Å². The largest absolute Gasteiger partial charge is 0.418 e. The minimum Gasteiger partial charge on any atom is -0.356 e. The topological polar surface area (TPSA) is 75.4 Å². The number of nitrogens with one attached hydrogen (secondary N) is 1. The van der Waals surface area contributed by atoms with Gasteiger partial charge in [0.15, 0.2) is 5.58 Å². The summed E-state index contributed by atoms with van der Waals surface area (Å²) in [7, 11) is 1.39. The van der Waals surface area contributed by atoms with Gasteiger partial charge in [-0.15, -0.1) is 0 Å². The first-order chi connectivity index (χ1) is 13.3. The molecule has 1 aromatic heterocycles. The van der Waals surface area contributed by atoms with Crippen molar-refractivity contribution in [1.82, 2.24) is 10.1 Å². The summed E-state index contributed by atoms with van der Waals surface area (Å²) in [5.41, 5.74) is -0.348. The highest BCUT2D eigenvalue weighted by atomic mass is 19.4. The predicted molar refractivity (Wildman–Crippen MR) is 95.4 cm³/mol. The molecule has 0 aliphatic carbocycles. The SMILES string of the molecule is CN(CC(=O)Nc1ccccc1C(F)(F)F)C(=O)Cc1noc2ccccc12. The molecular weight excluding hydrogens is 375 g/mol. The highest BCUT2D eigenvalue weighted by molar-refractivity contribution is 5.95. The normalized spacial score (nSPS) is 11.4. The van der Waals surface area contributed by atoms with E-state index < -0.39 is 30.1 Å². The van der Waals surface area contributed by atoms with Crippen LogP contribution in [0.15, 0.2) is 53.1 Å². The van der Waals surface area contributed by atoms with Gasteiger partial charge in [-0.3, -0.25) is 9.59 Å². The number of hydrogen-bond donors (Lipinski definition) is 1. The summed E-state index contributed by atoms with van der Waals surface area (Å²) in [5, 5.41) is 6.75. The van der Waals surface area contributed by atoms with Crippen LogP contribution in [0.2, 0.25) is 0 Å². The van der Waals surface area contributed by atoms with Crippen molar-refractivity contribution >= 4 is 28.5 Å². The van der Waals surface area contributed by atoms with Crippen LogP contribution in [0.3, 0.4) is 0 Å². The summed E-state index contributed by atoms with van der Waals surface area (Å²) in [4.78, 5) is 25.6. The molecule has 3 rings (SSSR count). The van der Waals surface area contributed by atoms with E-state index in [1.54, 1.807) is 24.3 Å². The Balaban J connectivity index is 1.64. The third-order valence-electron chi connectivity index (χ3n) is 4.08. The van der Waals surface area contributed by atoms with Gasteiger partial charge in [0.2, 0.25) is 11.8 Å². The van der Waals surface area contributed by atoms with E-state index in [1.165, 1.54) is 19.2 Å². The number of hydrogen-bond acceptors (Lipinski definition) is 4. The first-order valence-electron chi connectivity index (χ1n) is 8.29. The maximum Gasteiger partial charge on any atom is 0.418 e. The van der Waals surface area contributed by atoms with Gasteiger partial charge < -0.3 is 14.7 Å². The number of nitrogens with zero attached hydrogens (tertiary/aromatic N) is 2. The fraction of sp³-hybridized carbons (Fsp3) is 0.211. The van der Waals surface area contributed by atoms with Gasteiger partial charge in [-0.2, -0.15) is 13.2 Å². The first-order valence-corrected chi connectivity index (χ1v) is 8.29. The maximum absolute atomic E-state index is 13.0. The second kappa shape index (κ2) is 7.71. The molecule has 0 saturated carbocycles. The zero-order valence-corrected chi connectivity index (χ0v) is 14.8. The molecule has 28 heavy (non-hydrogen) atoms. The number of anilines is 1. The zero-order valence-electron chi connectivity index (χ0n) is 14.8. The lowest BCUT2D eigenvalue weighted by Gasteiger charge is -2.18. The third-order valence-corrected chi connectivity index (χ3v) is 4.08. The average molecular weight is 391 g/mol. The van der Waals surface area contributed by atoms with E-state index in [2.05, 4.69) is 10.5 Å². The van der Waals surface area contributed by atoms with E-state index in [1.807, 2.05) is 0 Å². The van der Waals surface area contributed by atoms with Crippen molar-refractivity contribution in [3.8, 4) is 0 Å². The van der Waals surface area contributed by atoms with E-state index in [0.29, 0.717) is 16.7 Å². The van der Waals surface area contributed by atoms with E-state index in [9.17, 15) is 22.8 Å². The molecule has 0 spiro atoms. The Morgan fingerprint density at radius 1 is 1.11 bits per heavy atom. The lowest BCUT2D eigenvalue weighted by atomic mass is 10.1. The van der Waals surface area contributed by atoms with Crippen LogP contribution in [0.4, 0.5) is 18.9 Å². The quantitative estimate of drug-likeness (QED) is 0.723. The minimum absolute atomic E-state index is 0.0973. The maximum atomic E-state index is 13.0. The molecule has 2 aromatic carbocycles. The van der Waals surface area contributed by atoms with Crippen LogP contribution in [0, 0.1) is 0 Å². The molecule has 0 saturated heterocycles. The van der Waals surface area contributed by atoms with Gasteiger partial charge in [0.05, 0.1) is 24.2 Å². The molecule has 0 atom stereocenters. The fourth-order valence-electron chi connectivity index (χ4n) is 2.68. The first kappa shape index (κ1) is 19.4. The summed E-state index contributed by atoms with van der Waals surface area (Å²) in [6.45, 7) is -0.402. The van der Waals surface area contributed by atoms with E-state index >= 15 is 0 Å². The van der Waals surface area contributed by atoms with Gasteiger partial charge in [0, 0.05) is 12.4 Å². The summed E-state index contributed by atoms with van der Waals surface area (Å²) in [5.74, 6) is -1.16. The zero-order chi connectivity index (χ0) is 20.3. The lowest BCUT2D eigenvalue weighted by molar-refractivity contribution is -0.137. The van der Waals surface area contributed by atoms with Crippen LogP contribution in [-0.2, 0) is 22.2 Å². The van der Waals surface area contributed by atoms with Crippen molar-refractivity contribution in [2.45, 2.75) is 12.6 Å². The highest BCUT2D eigenvalue weighted by Crippen LogP contribution is 2.34. The fourth-order valence-corrected chi connectivity index (χ4v) is 2.68. The van der Waals surface area contributed by atoms with Crippen LogP contribution in [0.1, 0.15) is 11.3 Å².